The van der Waals surface area contributed by atoms with Crippen LogP contribution in [0, 0.1) is 0 Å². The maximum atomic E-state index is 12.5. The Hall–Kier alpha value is -1.78. The quantitative estimate of drug-likeness (QED) is 0.525. The molecule has 7 nitrogen and oxygen atoms in total. The zero-order valence-corrected chi connectivity index (χ0v) is 18.1. The summed E-state index contributed by atoms with van der Waals surface area (Å²) in [5.41, 5.74) is 1.93. The number of halogens is 1. The number of aromatic nitrogens is 2. The molecule has 0 saturated carbocycles. The van der Waals surface area contributed by atoms with Crippen LogP contribution in [0.25, 0.3) is 0 Å². The number of fused-ring (bicyclic) bond motifs is 1. The monoisotopic (exact) mass is 470 g/mol. The third-order valence-electron chi connectivity index (χ3n) is 4.21. The molecule has 0 aromatic carbocycles. The fraction of sp³-hybridized carbons (Fsp3) is 0.412. The fourth-order valence-electron chi connectivity index (χ4n) is 3.04. The van der Waals surface area contributed by atoms with Crippen molar-refractivity contribution in [2.75, 3.05) is 11.9 Å². The van der Waals surface area contributed by atoms with E-state index in [9.17, 15) is 9.59 Å². The Balaban J connectivity index is 1.80. The second-order valence-electron chi connectivity index (χ2n) is 6.01. The van der Waals surface area contributed by atoms with Crippen molar-refractivity contribution in [1.29, 1.82) is 0 Å². The van der Waals surface area contributed by atoms with Crippen LogP contribution in [0.2, 0.25) is 0 Å². The number of amides is 1. The topological polar surface area (TPSA) is 85.2 Å². The highest BCUT2D eigenvalue weighted by molar-refractivity contribution is 9.10. The van der Waals surface area contributed by atoms with Crippen LogP contribution in [0.15, 0.2) is 10.7 Å². The molecular weight excluding hydrogens is 452 g/mol. The predicted molar refractivity (Wildman–Crippen MR) is 112 cm³/mol. The summed E-state index contributed by atoms with van der Waals surface area (Å²) >= 11 is 10.1. The van der Waals surface area contributed by atoms with E-state index in [2.05, 4.69) is 31.7 Å². The maximum Gasteiger partial charge on any atom is 0.341 e. The van der Waals surface area contributed by atoms with Crippen molar-refractivity contribution in [1.82, 2.24) is 15.1 Å². The molecule has 10 heteroatoms. The lowest BCUT2D eigenvalue weighted by atomic mass is 9.95. The third kappa shape index (κ3) is 4.22. The van der Waals surface area contributed by atoms with E-state index in [1.807, 2.05) is 0 Å². The van der Waals surface area contributed by atoms with Gasteiger partial charge in [-0.05, 0) is 66.3 Å². The molecule has 2 aromatic heterocycles. The average molecular weight is 471 g/mol. The van der Waals surface area contributed by atoms with Crippen LogP contribution < -0.4 is 10.6 Å². The van der Waals surface area contributed by atoms with Gasteiger partial charge in [-0.2, -0.15) is 5.10 Å². The first kappa shape index (κ1) is 20.0. The van der Waals surface area contributed by atoms with Crippen molar-refractivity contribution < 1.29 is 14.3 Å². The number of carbonyl (C=O) groups is 2. The second kappa shape index (κ2) is 8.49. The standard InChI is InChI=1S/C17H19BrN4O3S2/c1-3-25-16(24)12-9-6-4-5-7-11(9)27-15(12)21-17(26)20-14(23)13-10(18)8-19-22(13)2/h8H,3-7H2,1-2H3,(H2,20,21,23,26). The number of anilines is 1. The van der Waals surface area contributed by atoms with Crippen molar-refractivity contribution in [3.8, 4) is 0 Å². The SMILES string of the molecule is CCOC(=O)c1c(NC(=S)NC(=O)c2c(Br)cnn2C)sc2c1CCCC2. The van der Waals surface area contributed by atoms with Gasteiger partial charge < -0.3 is 10.1 Å². The Morgan fingerprint density at radius 3 is 2.81 bits per heavy atom. The van der Waals surface area contributed by atoms with Crippen molar-refractivity contribution >= 4 is 61.5 Å². The minimum absolute atomic E-state index is 0.122. The minimum atomic E-state index is -0.390. The van der Waals surface area contributed by atoms with Gasteiger partial charge in [0.25, 0.3) is 5.91 Å². The summed E-state index contributed by atoms with van der Waals surface area (Å²) in [7, 11) is 1.67. The minimum Gasteiger partial charge on any atom is -0.462 e. The Morgan fingerprint density at radius 2 is 2.15 bits per heavy atom. The van der Waals surface area contributed by atoms with Crippen LogP contribution in [-0.4, -0.2) is 33.4 Å². The molecular formula is C17H19BrN4O3S2. The molecule has 0 saturated heterocycles. The molecule has 2 aromatic rings. The van der Waals surface area contributed by atoms with Gasteiger partial charge in [0, 0.05) is 11.9 Å². The molecule has 0 atom stereocenters. The number of nitrogens with zero attached hydrogens (tertiary/aromatic N) is 2. The highest BCUT2D eigenvalue weighted by atomic mass is 79.9. The van der Waals surface area contributed by atoms with E-state index in [0.717, 1.165) is 31.2 Å². The molecule has 0 bridgehead atoms. The van der Waals surface area contributed by atoms with Gasteiger partial charge >= 0.3 is 5.97 Å². The number of hydrogen-bond donors (Lipinski definition) is 2. The van der Waals surface area contributed by atoms with Gasteiger partial charge in [-0.1, -0.05) is 0 Å². The first-order valence-corrected chi connectivity index (χ1v) is 10.6. The number of hydrogen-bond acceptors (Lipinski definition) is 6. The first-order chi connectivity index (χ1) is 12.9. The van der Waals surface area contributed by atoms with Crippen LogP contribution in [0.3, 0.4) is 0 Å². The van der Waals surface area contributed by atoms with Crippen molar-refractivity contribution in [2.45, 2.75) is 32.6 Å². The van der Waals surface area contributed by atoms with Gasteiger partial charge in [0.2, 0.25) is 0 Å². The number of aryl methyl sites for hydroxylation is 2. The first-order valence-electron chi connectivity index (χ1n) is 8.53. The second-order valence-corrected chi connectivity index (χ2v) is 8.38. The summed E-state index contributed by atoms with van der Waals surface area (Å²) in [6, 6.07) is 0. The summed E-state index contributed by atoms with van der Waals surface area (Å²) in [6.45, 7) is 2.08. The Bertz CT molecular complexity index is 887. The summed E-state index contributed by atoms with van der Waals surface area (Å²) in [5.74, 6) is -0.749. The third-order valence-corrected chi connectivity index (χ3v) is 6.21. The predicted octanol–water partition coefficient (Wildman–Crippen LogP) is 3.43. The van der Waals surface area contributed by atoms with Gasteiger partial charge in [0.05, 0.1) is 22.8 Å². The van der Waals surface area contributed by atoms with Crippen LogP contribution in [-0.2, 0) is 24.6 Å². The summed E-state index contributed by atoms with van der Waals surface area (Å²) in [4.78, 5) is 26.1. The number of esters is 1. The molecule has 2 N–H and O–H groups in total. The molecule has 0 unspecified atom stereocenters. The number of thiophene rings is 1. The lowest BCUT2D eigenvalue weighted by Gasteiger charge is -2.13. The Labute approximate surface area is 174 Å². The normalized spacial score (nSPS) is 13.0. The summed E-state index contributed by atoms with van der Waals surface area (Å²) < 4.78 is 7.25. The van der Waals surface area contributed by atoms with Gasteiger partial charge in [0.1, 0.15) is 10.7 Å². The molecule has 1 aliphatic rings. The molecule has 1 aliphatic carbocycles. The van der Waals surface area contributed by atoms with E-state index in [1.165, 1.54) is 27.1 Å². The number of nitrogens with one attached hydrogen (secondary N) is 2. The van der Waals surface area contributed by atoms with E-state index < -0.39 is 5.91 Å². The van der Waals surface area contributed by atoms with Crippen LogP contribution in [0.5, 0.6) is 0 Å². The van der Waals surface area contributed by atoms with Crippen LogP contribution in [0.4, 0.5) is 5.00 Å². The summed E-state index contributed by atoms with van der Waals surface area (Å²) in [6.07, 6.45) is 5.48. The smallest absolute Gasteiger partial charge is 0.341 e. The summed E-state index contributed by atoms with van der Waals surface area (Å²) in [5, 5.41) is 10.4. The number of thiocarbonyl (C=S) groups is 1. The molecule has 0 radical (unpaired) electrons. The zero-order chi connectivity index (χ0) is 19.6. The molecule has 1 amide bonds. The lowest BCUT2D eigenvalue weighted by Crippen LogP contribution is -2.35. The van der Waals surface area contributed by atoms with Gasteiger partial charge in [-0.15, -0.1) is 11.3 Å². The van der Waals surface area contributed by atoms with Gasteiger partial charge in [-0.25, -0.2) is 4.79 Å². The highest BCUT2D eigenvalue weighted by Gasteiger charge is 2.27. The van der Waals surface area contributed by atoms with Crippen molar-refractivity contribution in [2.24, 2.45) is 7.05 Å². The highest BCUT2D eigenvalue weighted by Crippen LogP contribution is 2.38. The molecule has 0 aliphatic heterocycles. The van der Waals surface area contributed by atoms with E-state index in [1.54, 1.807) is 14.0 Å². The van der Waals surface area contributed by atoms with Gasteiger partial charge in [0.15, 0.2) is 5.11 Å². The molecule has 0 spiro atoms. The van der Waals surface area contributed by atoms with Crippen molar-refractivity contribution in [3.05, 3.63) is 32.4 Å². The van der Waals surface area contributed by atoms with Crippen LogP contribution in [0.1, 0.15) is 51.1 Å². The number of rotatable bonds is 4. The molecule has 144 valence electrons. The van der Waals surface area contributed by atoms with Crippen LogP contribution >= 0.6 is 39.5 Å². The fourth-order valence-corrected chi connectivity index (χ4v) is 5.11. The maximum absolute atomic E-state index is 12.5. The van der Waals surface area contributed by atoms with E-state index >= 15 is 0 Å². The lowest BCUT2D eigenvalue weighted by molar-refractivity contribution is 0.0526. The van der Waals surface area contributed by atoms with E-state index in [4.69, 9.17) is 17.0 Å². The van der Waals surface area contributed by atoms with E-state index in [0.29, 0.717) is 27.3 Å². The Kier molecular flexibility index (Phi) is 6.28. The Morgan fingerprint density at radius 1 is 1.41 bits per heavy atom. The van der Waals surface area contributed by atoms with E-state index in [-0.39, 0.29) is 11.1 Å². The largest absolute Gasteiger partial charge is 0.462 e. The zero-order valence-electron chi connectivity index (χ0n) is 14.9. The molecule has 2 heterocycles. The molecule has 3 rings (SSSR count). The molecule has 27 heavy (non-hydrogen) atoms. The van der Waals surface area contributed by atoms with Gasteiger partial charge in [-0.3, -0.25) is 14.8 Å². The number of carbonyl (C=O) groups excluding carboxylic acids is 2. The number of ether oxygens (including phenoxy) is 1. The van der Waals surface area contributed by atoms with Crippen molar-refractivity contribution in [3.63, 3.8) is 0 Å². The molecule has 0 fully saturated rings. The average Bonchev–Trinajstić information content (AvgIpc) is 3.14.